The van der Waals surface area contributed by atoms with Crippen LogP contribution in [0.5, 0.6) is 0 Å². The second kappa shape index (κ2) is 5.22. The minimum absolute atomic E-state index is 0.0740. The average molecular weight is 262 g/mol. The zero-order chi connectivity index (χ0) is 12.5. The summed E-state index contributed by atoms with van der Waals surface area (Å²) < 4.78 is 31.6. The highest BCUT2D eigenvalue weighted by Gasteiger charge is 2.38. The van der Waals surface area contributed by atoms with Gasteiger partial charge in [-0.1, -0.05) is 0 Å². The van der Waals surface area contributed by atoms with Crippen molar-refractivity contribution < 1.29 is 13.2 Å². The lowest BCUT2D eigenvalue weighted by Crippen LogP contribution is -2.41. The summed E-state index contributed by atoms with van der Waals surface area (Å²) in [6, 6.07) is 0.0740. The molecule has 0 aromatic heterocycles. The molecule has 0 amide bonds. The average Bonchev–Trinajstić information content (AvgIpc) is 2.80. The summed E-state index contributed by atoms with van der Waals surface area (Å²) in [5, 5.41) is -0.247. The second-order valence-corrected chi connectivity index (χ2v) is 7.34. The van der Waals surface area contributed by atoms with Crippen molar-refractivity contribution in [1.29, 1.82) is 0 Å². The zero-order valence-electron chi connectivity index (χ0n) is 10.3. The molecule has 2 unspecified atom stereocenters. The van der Waals surface area contributed by atoms with Crippen molar-refractivity contribution in [3.63, 3.8) is 0 Å². The molecule has 2 aliphatic rings. The first kappa shape index (κ1) is 13.3. The Bertz CT molecular complexity index is 350. The van der Waals surface area contributed by atoms with Crippen LogP contribution in [-0.4, -0.2) is 50.3 Å². The van der Waals surface area contributed by atoms with Gasteiger partial charge in [-0.25, -0.2) is 12.7 Å². The smallest absolute Gasteiger partial charge is 0.217 e. The van der Waals surface area contributed by atoms with Gasteiger partial charge in [-0.05, 0) is 32.1 Å². The van der Waals surface area contributed by atoms with Crippen molar-refractivity contribution in [2.45, 2.75) is 37.5 Å². The van der Waals surface area contributed by atoms with Gasteiger partial charge in [0.15, 0.2) is 0 Å². The Balaban J connectivity index is 2.01. The molecule has 2 saturated heterocycles. The molecule has 0 saturated carbocycles. The summed E-state index contributed by atoms with van der Waals surface area (Å²) in [5.41, 5.74) is 5.84. The molecular formula is C11H22N2O3S. The van der Waals surface area contributed by atoms with Crippen molar-refractivity contribution in [3.8, 4) is 0 Å². The van der Waals surface area contributed by atoms with Crippen LogP contribution in [0.1, 0.15) is 26.2 Å². The Morgan fingerprint density at radius 2 is 1.94 bits per heavy atom. The standard InChI is InChI=1S/C11H22N2O3S/c1-9(12)10-2-5-13(8-10)17(14,15)11-3-6-16-7-4-11/h9-11H,2-8,12H2,1H3. The van der Waals surface area contributed by atoms with Crippen molar-refractivity contribution in [2.24, 2.45) is 11.7 Å². The van der Waals surface area contributed by atoms with Crippen molar-refractivity contribution in [2.75, 3.05) is 26.3 Å². The third kappa shape index (κ3) is 2.81. The molecule has 0 aromatic carbocycles. The predicted molar refractivity (Wildman–Crippen MR) is 66.1 cm³/mol. The first-order valence-electron chi connectivity index (χ1n) is 6.34. The lowest BCUT2D eigenvalue weighted by molar-refractivity contribution is 0.0973. The molecule has 2 rings (SSSR count). The number of nitrogens with two attached hydrogens (primary N) is 1. The van der Waals surface area contributed by atoms with Crippen molar-refractivity contribution in [3.05, 3.63) is 0 Å². The number of sulfonamides is 1. The number of nitrogens with zero attached hydrogens (tertiary/aromatic N) is 1. The highest BCUT2D eigenvalue weighted by molar-refractivity contribution is 7.89. The molecule has 2 aliphatic heterocycles. The van der Waals surface area contributed by atoms with Crippen molar-refractivity contribution >= 4 is 10.0 Å². The lowest BCUT2D eigenvalue weighted by Gasteiger charge is -2.27. The molecule has 5 nitrogen and oxygen atoms in total. The molecule has 6 heteroatoms. The normalized spacial score (nSPS) is 30.6. The van der Waals surface area contributed by atoms with Crippen LogP contribution in [0.2, 0.25) is 0 Å². The number of ether oxygens (including phenoxy) is 1. The first-order chi connectivity index (χ1) is 8.01. The van der Waals surface area contributed by atoms with Crippen molar-refractivity contribution in [1.82, 2.24) is 4.31 Å². The van der Waals surface area contributed by atoms with Crippen LogP contribution < -0.4 is 5.73 Å². The van der Waals surface area contributed by atoms with E-state index < -0.39 is 10.0 Å². The topological polar surface area (TPSA) is 72.6 Å². The summed E-state index contributed by atoms with van der Waals surface area (Å²) in [4.78, 5) is 0. The predicted octanol–water partition coefficient (Wildman–Crippen LogP) is 0.164. The molecule has 0 radical (unpaired) electrons. The fourth-order valence-electron chi connectivity index (χ4n) is 2.60. The van der Waals surface area contributed by atoms with Crippen LogP contribution in [-0.2, 0) is 14.8 Å². The van der Waals surface area contributed by atoms with Gasteiger partial charge in [-0.2, -0.15) is 0 Å². The third-order valence-corrected chi connectivity index (χ3v) is 6.25. The molecule has 0 bridgehead atoms. The van der Waals surface area contributed by atoms with Gasteiger partial charge in [0.25, 0.3) is 0 Å². The molecule has 2 heterocycles. The quantitative estimate of drug-likeness (QED) is 0.786. The van der Waals surface area contributed by atoms with E-state index >= 15 is 0 Å². The third-order valence-electron chi connectivity index (χ3n) is 3.88. The first-order valence-corrected chi connectivity index (χ1v) is 7.84. The summed E-state index contributed by atoms with van der Waals surface area (Å²) >= 11 is 0. The number of hydrogen-bond acceptors (Lipinski definition) is 4. The van der Waals surface area contributed by atoms with Crippen LogP contribution in [0.25, 0.3) is 0 Å². The Morgan fingerprint density at radius 3 is 2.47 bits per heavy atom. The Labute approximate surface area is 103 Å². The Morgan fingerprint density at radius 1 is 1.29 bits per heavy atom. The van der Waals surface area contributed by atoms with Gasteiger partial charge >= 0.3 is 0 Å². The monoisotopic (exact) mass is 262 g/mol. The molecule has 0 spiro atoms. The van der Waals surface area contributed by atoms with E-state index in [2.05, 4.69) is 0 Å². The second-order valence-electron chi connectivity index (χ2n) is 5.12. The summed E-state index contributed by atoms with van der Waals surface area (Å²) in [5.74, 6) is 0.310. The SMILES string of the molecule is CC(N)C1CCN(S(=O)(=O)C2CCOCC2)C1. The fourth-order valence-corrected chi connectivity index (χ4v) is 4.57. The fraction of sp³-hybridized carbons (Fsp3) is 1.00. The minimum Gasteiger partial charge on any atom is -0.381 e. The van der Waals surface area contributed by atoms with E-state index in [0.717, 1.165) is 6.42 Å². The van der Waals surface area contributed by atoms with Gasteiger partial charge < -0.3 is 10.5 Å². The van der Waals surface area contributed by atoms with Gasteiger partial charge in [0, 0.05) is 32.3 Å². The van der Waals surface area contributed by atoms with E-state index in [4.69, 9.17) is 10.5 Å². The van der Waals surface area contributed by atoms with Crippen LogP contribution in [0, 0.1) is 5.92 Å². The summed E-state index contributed by atoms with van der Waals surface area (Å²) in [7, 11) is -3.13. The van der Waals surface area contributed by atoms with Gasteiger partial charge in [0.1, 0.15) is 0 Å². The minimum atomic E-state index is -3.13. The van der Waals surface area contributed by atoms with E-state index in [1.807, 2.05) is 6.92 Å². The van der Waals surface area contributed by atoms with E-state index in [9.17, 15) is 8.42 Å². The van der Waals surface area contributed by atoms with Gasteiger partial charge in [-0.3, -0.25) is 0 Å². The van der Waals surface area contributed by atoms with E-state index in [0.29, 0.717) is 45.1 Å². The highest BCUT2D eigenvalue weighted by Crippen LogP contribution is 2.26. The maximum absolute atomic E-state index is 12.4. The lowest BCUT2D eigenvalue weighted by atomic mass is 10.0. The molecular weight excluding hydrogens is 240 g/mol. The Kier molecular flexibility index (Phi) is 4.07. The van der Waals surface area contributed by atoms with Gasteiger partial charge in [0.05, 0.1) is 5.25 Å². The summed E-state index contributed by atoms with van der Waals surface area (Å²) in [6.45, 7) is 4.31. The number of rotatable bonds is 3. The molecule has 2 N–H and O–H groups in total. The maximum Gasteiger partial charge on any atom is 0.217 e. The molecule has 100 valence electrons. The van der Waals surface area contributed by atoms with Crippen LogP contribution >= 0.6 is 0 Å². The van der Waals surface area contributed by atoms with Gasteiger partial charge in [0.2, 0.25) is 10.0 Å². The van der Waals surface area contributed by atoms with E-state index in [1.165, 1.54) is 0 Å². The molecule has 17 heavy (non-hydrogen) atoms. The molecule has 2 atom stereocenters. The Hall–Kier alpha value is -0.170. The van der Waals surface area contributed by atoms with Crippen LogP contribution in [0.4, 0.5) is 0 Å². The maximum atomic E-state index is 12.4. The van der Waals surface area contributed by atoms with Crippen LogP contribution in [0.15, 0.2) is 0 Å². The largest absolute Gasteiger partial charge is 0.381 e. The number of hydrogen-bond donors (Lipinski definition) is 1. The molecule has 0 aromatic rings. The highest BCUT2D eigenvalue weighted by atomic mass is 32.2. The molecule has 0 aliphatic carbocycles. The molecule has 2 fully saturated rings. The summed E-state index contributed by atoms with van der Waals surface area (Å²) in [6.07, 6.45) is 2.14. The van der Waals surface area contributed by atoms with E-state index in [-0.39, 0.29) is 11.3 Å². The zero-order valence-corrected chi connectivity index (χ0v) is 11.2. The van der Waals surface area contributed by atoms with E-state index in [1.54, 1.807) is 4.31 Å². The van der Waals surface area contributed by atoms with Gasteiger partial charge in [-0.15, -0.1) is 0 Å². The van der Waals surface area contributed by atoms with Crippen LogP contribution in [0.3, 0.4) is 0 Å².